The Bertz CT molecular complexity index is 751. The van der Waals surface area contributed by atoms with E-state index in [1.165, 1.54) is 0 Å². The van der Waals surface area contributed by atoms with Gasteiger partial charge in [-0.15, -0.1) is 11.3 Å². The summed E-state index contributed by atoms with van der Waals surface area (Å²) in [5, 5.41) is 4.72. The van der Waals surface area contributed by atoms with Crippen LogP contribution in [0.3, 0.4) is 0 Å². The van der Waals surface area contributed by atoms with Crippen molar-refractivity contribution in [1.29, 1.82) is 0 Å². The summed E-state index contributed by atoms with van der Waals surface area (Å²) in [6.07, 6.45) is 0.0156. The Kier molecular flexibility index (Phi) is 7.09. The third-order valence-electron chi connectivity index (χ3n) is 3.79. The van der Waals surface area contributed by atoms with Gasteiger partial charge in [0.25, 0.3) is 0 Å². The molecule has 0 aliphatic rings. The van der Waals surface area contributed by atoms with Gasteiger partial charge >= 0.3 is 5.97 Å². The Morgan fingerprint density at radius 2 is 1.77 bits per heavy atom. The highest BCUT2D eigenvalue weighted by molar-refractivity contribution is 7.09. The monoisotopic (exact) mass is 373 g/mol. The molecule has 1 heterocycles. The minimum atomic E-state index is -0.845. The molecule has 0 aliphatic heterocycles. The summed E-state index contributed by atoms with van der Waals surface area (Å²) in [5.41, 5.74) is 1.06. The number of carbonyl (C=O) groups is 3. The lowest BCUT2D eigenvalue weighted by Gasteiger charge is -2.13. The van der Waals surface area contributed by atoms with Crippen LogP contribution in [-0.4, -0.2) is 23.8 Å². The van der Waals surface area contributed by atoms with Gasteiger partial charge in [0.05, 0.1) is 6.42 Å². The lowest BCUT2D eigenvalue weighted by molar-refractivity contribution is -0.146. The van der Waals surface area contributed by atoms with Crippen molar-refractivity contribution in [2.24, 2.45) is 5.92 Å². The normalized spacial score (nSPS) is 11.8. The Balaban J connectivity index is 1.86. The second kappa shape index (κ2) is 9.29. The number of thiophene rings is 1. The summed E-state index contributed by atoms with van der Waals surface area (Å²) in [5.74, 6) is -0.863. The number of benzene rings is 1. The first-order valence-corrected chi connectivity index (χ1v) is 9.41. The van der Waals surface area contributed by atoms with Crippen LogP contribution in [0.2, 0.25) is 0 Å². The predicted octanol–water partition coefficient (Wildman–Crippen LogP) is 4.09. The van der Waals surface area contributed by atoms with E-state index in [0.717, 1.165) is 4.88 Å². The molecule has 1 aromatic heterocycles. The number of ketones is 1. The van der Waals surface area contributed by atoms with Crippen LogP contribution >= 0.6 is 11.3 Å². The molecular formula is C20H23NO4S. The summed E-state index contributed by atoms with van der Waals surface area (Å²) in [4.78, 5) is 37.1. The first kappa shape index (κ1) is 19.8. The standard InChI is InChI=1S/C20H23NO4S/c1-13(2)20(24)21-16-8-6-15(7-9-16)19(23)14(3)25-18(22)11-10-17-5-4-12-26-17/h4-9,12-14H,10-11H2,1-3H3,(H,21,24)/t14-/m0/s1. The molecule has 2 rings (SSSR count). The number of esters is 1. The zero-order valence-electron chi connectivity index (χ0n) is 15.2. The summed E-state index contributed by atoms with van der Waals surface area (Å²) in [6.45, 7) is 5.18. The van der Waals surface area contributed by atoms with E-state index >= 15 is 0 Å². The van der Waals surface area contributed by atoms with Crippen molar-refractivity contribution in [1.82, 2.24) is 0 Å². The average molecular weight is 373 g/mol. The van der Waals surface area contributed by atoms with Crippen LogP contribution in [0.4, 0.5) is 5.69 Å². The quantitative estimate of drug-likeness (QED) is 0.559. The highest BCUT2D eigenvalue weighted by Gasteiger charge is 2.19. The van der Waals surface area contributed by atoms with Crippen LogP contribution in [-0.2, 0) is 20.7 Å². The second-order valence-corrected chi connectivity index (χ2v) is 7.33. The van der Waals surface area contributed by atoms with Crippen LogP contribution in [0.15, 0.2) is 41.8 Å². The minimum Gasteiger partial charge on any atom is -0.454 e. The van der Waals surface area contributed by atoms with Gasteiger partial charge in [-0.1, -0.05) is 19.9 Å². The van der Waals surface area contributed by atoms with E-state index in [-0.39, 0.29) is 30.0 Å². The minimum absolute atomic E-state index is 0.0860. The summed E-state index contributed by atoms with van der Waals surface area (Å²) in [7, 11) is 0. The molecule has 6 heteroatoms. The maximum atomic E-state index is 12.4. The molecule has 2 aromatic rings. The molecule has 138 valence electrons. The number of amides is 1. The van der Waals surface area contributed by atoms with Gasteiger partial charge in [-0.3, -0.25) is 14.4 Å². The van der Waals surface area contributed by atoms with E-state index in [0.29, 0.717) is 17.7 Å². The number of hydrogen-bond donors (Lipinski definition) is 1. The number of ether oxygens (including phenoxy) is 1. The highest BCUT2D eigenvalue weighted by atomic mass is 32.1. The van der Waals surface area contributed by atoms with Gasteiger partial charge in [0.2, 0.25) is 11.7 Å². The van der Waals surface area contributed by atoms with Crippen molar-refractivity contribution >= 4 is 34.7 Å². The van der Waals surface area contributed by atoms with E-state index in [1.54, 1.807) is 42.5 Å². The molecule has 0 aliphatic carbocycles. The Morgan fingerprint density at radius 1 is 1.08 bits per heavy atom. The molecule has 0 saturated heterocycles. The van der Waals surface area contributed by atoms with Gasteiger partial charge in [-0.25, -0.2) is 0 Å². The van der Waals surface area contributed by atoms with Crippen molar-refractivity contribution in [3.8, 4) is 0 Å². The molecule has 1 atom stereocenters. The van der Waals surface area contributed by atoms with Gasteiger partial charge in [0, 0.05) is 22.0 Å². The number of aryl methyl sites for hydroxylation is 1. The van der Waals surface area contributed by atoms with Crippen molar-refractivity contribution < 1.29 is 19.1 Å². The number of hydrogen-bond acceptors (Lipinski definition) is 5. The van der Waals surface area contributed by atoms with Crippen molar-refractivity contribution in [3.63, 3.8) is 0 Å². The second-order valence-electron chi connectivity index (χ2n) is 6.30. The van der Waals surface area contributed by atoms with Crippen molar-refractivity contribution in [2.45, 2.75) is 39.7 Å². The van der Waals surface area contributed by atoms with E-state index in [4.69, 9.17) is 4.74 Å². The molecule has 0 unspecified atom stereocenters. The highest BCUT2D eigenvalue weighted by Crippen LogP contribution is 2.15. The van der Waals surface area contributed by atoms with Crippen LogP contribution in [0.1, 0.15) is 42.4 Å². The van der Waals surface area contributed by atoms with Crippen molar-refractivity contribution in [2.75, 3.05) is 5.32 Å². The molecule has 0 saturated carbocycles. The third-order valence-corrected chi connectivity index (χ3v) is 4.73. The maximum Gasteiger partial charge on any atom is 0.306 e. The first-order chi connectivity index (χ1) is 12.4. The average Bonchev–Trinajstić information content (AvgIpc) is 3.13. The number of anilines is 1. The molecule has 0 bridgehead atoms. The van der Waals surface area contributed by atoms with Gasteiger partial charge < -0.3 is 10.1 Å². The number of rotatable bonds is 8. The topological polar surface area (TPSA) is 72.5 Å². The number of carbonyl (C=O) groups excluding carboxylic acids is 3. The maximum absolute atomic E-state index is 12.4. The molecule has 1 aromatic carbocycles. The molecule has 26 heavy (non-hydrogen) atoms. The van der Waals surface area contributed by atoms with Gasteiger partial charge in [-0.05, 0) is 49.1 Å². The van der Waals surface area contributed by atoms with E-state index < -0.39 is 6.10 Å². The fourth-order valence-electron chi connectivity index (χ4n) is 2.23. The Hall–Kier alpha value is -2.47. The Morgan fingerprint density at radius 3 is 2.35 bits per heavy atom. The van der Waals surface area contributed by atoms with Gasteiger partial charge in [-0.2, -0.15) is 0 Å². The summed E-state index contributed by atoms with van der Waals surface area (Å²) < 4.78 is 5.24. The molecule has 0 spiro atoms. The molecule has 1 N–H and O–H groups in total. The lowest BCUT2D eigenvalue weighted by atomic mass is 10.1. The predicted molar refractivity (Wildman–Crippen MR) is 102 cm³/mol. The summed E-state index contributed by atoms with van der Waals surface area (Å²) in [6, 6.07) is 10.5. The van der Waals surface area contributed by atoms with Crippen LogP contribution in [0, 0.1) is 5.92 Å². The third kappa shape index (κ3) is 5.81. The number of Topliss-reactive ketones (excluding diaryl/α,β-unsaturated/α-hetero) is 1. The largest absolute Gasteiger partial charge is 0.454 e. The van der Waals surface area contributed by atoms with E-state index in [1.807, 2.05) is 31.4 Å². The number of nitrogens with one attached hydrogen (secondary N) is 1. The van der Waals surface area contributed by atoms with Crippen LogP contribution in [0.5, 0.6) is 0 Å². The van der Waals surface area contributed by atoms with Crippen molar-refractivity contribution in [3.05, 3.63) is 52.2 Å². The zero-order valence-corrected chi connectivity index (χ0v) is 16.0. The zero-order chi connectivity index (χ0) is 19.1. The van der Waals surface area contributed by atoms with E-state index in [2.05, 4.69) is 5.32 Å². The molecular weight excluding hydrogens is 350 g/mol. The molecule has 0 fully saturated rings. The van der Waals surface area contributed by atoms with Crippen LogP contribution in [0.25, 0.3) is 0 Å². The van der Waals surface area contributed by atoms with Crippen LogP contribution < -0.4 is 5.32 Å². The van der Waals surface area contributed by atoms with Gasteiger partial charge in [0.15, 0.2) is 6.10 Å². The Labute approximate surface area is 157 Å². The lowest BCUT2D eigenvalue weighted by Crippen LogP contribution is -2.24. The first-order valence-electron chi connectivity index (χ1n) is 8.54. The smallest absolute Gasteiger partial charge is 0.306 e. The van der Waals surface area contributed by atoms with E-state index in [9.17, 15) is 14.4 Å². The summed E-state index contributed by atoms with van der Waals surface area (Å²) >= 11 is 1.59. The molecule has 0 radical (unpaired) electrons. The van der Waals surface area contributed by atoms with Gasteiger partial charge in [0.1, 0.15) is 0 Å². The fourth-order valence-corrected chi connectivity index (χ4v) is 2.94. The SMILES string of the molecule is CC(C)C(=O)Nc1ccc(C(=O)[C@H](C)OC(=O)CCc2cccs2)cc1. The molecule has 1 amide bonds. The molecule has 5 nitrogen and oxygen atoms in total. The fraction of sp³-hybridized carbons (Fsp3) is 0.350.